The van der Waals surface area contributed by atoms with Crippen LogP contribution in [0.1, 0.15) is 44.2 Å². The van der Waals surface area contributed by atoms with Crippen molar-refractivity contribution in [1.82, 2.24) is 9.55 Å². The number of ether oxygens (including phenoxy) is 4. The lowest BCUT2D eigenvalue weighted by Crippen LogP contribution is -2.42. The summed E-state index contributed by atoms with van der Waals surface area (Å²) in [4.78, 5) is 16.6. The molecule has 2 aliphatic heterocycles. The summed E-state index contributed by atoms with van der Waals surface area (Å²) in [7, 11) is 1.58. The van der Waals surface area contributed by atoms with E-state index in [4.69, 9.17) is 24.1 Å². The van der Waals surface area contributed by atoms with Crippen LogP contribution >= 0.6 is 0 Å². The van der Waals surface area contributed by atoms with Crippen LogP contribution in [0.5, 0.6) is 17.2 Å². The number of imidazole rings is 1. The van der Waals surface area contributed by atoms with Gasteiger partial charge in [0, 0.05) is 43.6 Å². The number of methoxy groups -OCH3 is 1. The number of aromatic nitrogens is 2. The van der Waals surface area contributed by atoms with Gasteiger partial charge in [0.15, 0.2) is 0 Å². The van der Waals surface area contributed by atoms with Crippen molar-refractivity contribution in [3.05, 3.63) is 53.8 Å². The molecule has 188 valence electrons. The summed E-state index contributed by atoms with van der Waals surface area (Å²) < 4.78 is 25.0. The first-order valence-corrected chi connectivity index (χ1v) is 11.8. The molecule has 0 saturated heterocycles. The number of hydrogen-bond acceptors (Lipinski definition) is 8. The van der Waals surface area contributed by atoms with Crippen LogP contribution in [0.2, 0.25) is 0 Å². The molecule has 9 heteroatoms. The number of rotatable bonds is 10. The number of fused-ring (bicyclic) bond motifs is 2. The molecule has 1 aromatic heterocycles. The highest BCUT2D eigenvalue weighted by molar-refractivity contribution is 5.95. The molecule has 2 atom stereocenters. The Hall–Kier alpha value is -3.30. The van der Waals surface area contributed by atoms with E-state index >= 15 is 0 Å². The highest BCUT2D eigenvalue weighted by atomic mass is 16.6. The van der Waals surface area contributed by atoms with Gasteiger partial charge in [0.2, 0.25) is 5.76 Å². The molecule has 0 spiro atoms. The second-order valence-electron chi connectivity index (χ2n) is 8.86. The minimum absolute atomic E-state index is 0.0729. The zero-order chi connectivity index (χ0) is 25.0. The van der Waals surface area contributed by atoms with Gasteiger partial charge in [0.25, 0.3) is 0 Å². The molecule has 0 bridgehead atoms. The maximum Gasteiger partial charge on any atom is 0.374 e. The van der Waals surface area contributed by atoms with Crippen molar-refractivity contribution in [2.24, 2.45) is 0 Å². The van der Waals surface area contributed by atoms with Crippen molar-refractivity contribution in [3.8, 4) is 17.2 Å². The van der Waals surface area contributed by atoms with E-state index in [0.717, 1.165) is 11.1 Å². The third-order valence-corrected chi connectivity index (χ3v) is 6.31. The lowest BCUT2D eigenvalue weighted by molar-refractivity contribution is -0.141. The molecule has 2 N–H and O–H groups in total. The lowest BCUT2D eigenvalue weighted by Gasteiger charge is -2.29. The van der Waals surface area contributed by atoms with Gasteiger partial charge < -0.3 is 33.7 Å². The predicted molar refractivity (Wildman–Crippen MR) is 128 cm³/mol. The normalized spacial score (nSPS) is 19.2. The average Bonchev–Trinajstić information content (AvgIpc) is 3.51. The van der Waals surface area contributed by atoms with Crippen molar-refractivity contribution in [1.29, 1.82) is 0 Å². The fourth-order valence-electron chi connectivity index (χ4n) is 4.44. The molecule has 2 aromatic rings. The molecule has 4 rings (SSSR count). The van der Waals surface area contributed by atoms with E-state index in [9.17, 15) is 9.90 Å². The number of carbonyl (C=O) groups is 1. The van der Waals surface area contributed by atoms with Gasteiger partial charge in [-0.3, -0.25) is 0 Å². The highest BCUT2D eigenvalue weighted by Gasteiger charge is 2.41. The second-order valence-corrected chi connectivity index (χ2v) is 8.86. The van der Waals surface area contributed by atoms with Gasteiger partial charge in [-0.05, 0) is 44.8 Å². The van der Waals surface area contributed by atoms with Gasteiger partial charge in [-0.2, -0.15) is 0 Å². The number of allylic oxidation sites excluding steroid dienone is 3. The predicted octanol–water partition coefficient (Wildman–Crippen LogP) is 3.03. The molecule has 35 heavy (non-hydrogen) atoms. The summed E-state index contributed by atoms with van der Waals surface area (Å²) in [5.74, 6) is 1.07. The van der Waals surface area contributed by atoms with E-state index in [2.05, 4.69) is 4.98 Å². The van der Waals surface area contributed by atoms with Crippen LogP contribution in [0.4, 0.5) is 0 Å². The van der Waals surface area contributed by atoms with Gasteiger partial charge in [0.05, 0.1) is 31.2 Å². The molecule has 0 amide bonds. The summed E-state index contributed by atoms with van der Waals surface area (Å²) in [6.45, 7) is 4.33. The molecule has 0 saturated carbocycles. The number of aliphatic hydroxyl groups is 2. The second kappa shape index (κ2) is 10.5. The van der Waals surface area contributed by atoms with Gasteiger partial charge in [0.1, 0.15) is 23.4 Å². The quantitative estimate of drug-likeness (QED) is 0.391. The van der Waals surface area contributed by atoms with Crippen molar-refractivity contribution in [3.63, 3.8) is 0 Å². The van der Waals surface area contributed by atoms with E-state index in [1.54, 1.807) is 45.6 Å². The van der Waals surface area contributed by atoms with Crippen LogP contribution in [-0.4, -0.2) is 57.8 Å². The van der Waals surface area contributed by atoms with Crippen molar-refractivity contribution < 1.29 is 34.0 Å². The Bertz CT molecular complexity index is 1120. The summed E-state index contributed by atoms with van der Waals surface area (Å²) in [5, 5.41) is 20.2. The summed E-state index contributed by atoms with van der Waals surface area (Å²) in [6.07, 6.45) is 10.7. The molecule has 0 fully saturated rings. The molecular weight excluding hydrogens is 452 g/mol. The molecule has 2 unspecified atom stereocenters. The topological polar surface area (TPSA) is 112 Å². The molecule has 0 radical (unpaired) electrons. The first-order valence-electron chi connectivity index (χ1n) is 11.8. The van der Waals surface area contributed by atoms with Crippen LogP contribution in [0.15, 0.2) is 42.7 Å². The van der Waals surface area contributed by atoms with Gasteiger partial charge in [-0.1, -0.05) is 6.08 Å². The standard InChI is InChI=1S/C26H32N2O7/c1-4-33-25(30)21-13-17(7-10-28-11-9-27-16-28)23-20(34-21)15-19-18(24(23)32-3)14-22(35-19)26(2,31)8-5-6-12-29/h7,9,11,13,15-16,22,29,31H,4-6,8,10,12,14H2,1-3H3. The Morgan fingerprint density at radius 1 is 1.37 bits per heavy atom. The Kier molecular flexibility index (Phi) is 7.47. The number of carbonyl (C=O) groups excluding carboxylic acids is 1. The summed E-state index contributed by atoms with van der Waals surface area (Å²) >= 11 is 0. The lowest BCUT2D eigenvalue weighted by atomic mass is 9.88. The third-order valence-electron chi connectivity index (χ3n) is 6.31. The van der Waals surface area contributed by atoms with Crippen LogP contribution in [0.25, 0.3) is 5.57 Å². The number of esters is 1. The Labute approximate surface area is 204 Å². The fourth-order valence-corrected chi connectivity index (χ4v) is 4.44. The Morgan fingerprint density at radius 2 is 2.20 bits per heavy atom. The van der Waals surface area contributed by atoms with Gasteiger partial charge in [-0.25, -0.2) is 9.78 Å². The maximum absolute atomic E-state index is 12.5. The average molecular weight is 485 g/mol. The van der Waals surface area contributed by atoms with Gasteiger partial charge in [-0.15, -0.1) is 0 Å². The van der Waals surface area contributed by atoms with E-state index in [0.29, 0.717) is 55.0 Å². The molecule has 1 aromatic carbocycles. The highest BCUT2D eigenvalue weighted by Crippen LogP contribution is 2.50. The summed E-state index contributed by atoms with van der Waals surface area (Å²) in [5.41, 5.74) is 1.21. The zero-order valence-electron chi connectivity index (χ0n) is 20.3. The summed E-state index contributed by atoms with van der Waals surface area (Å²) in [6, 6.07) is 1.74. The Balaban J connectivity index is 1.71. The van der Waals surface area contributed by atoms with Crippen LogP contribution in [-0.2, 0) is 22.5 Å². The third kappa shape index (κ3) is 5.21. The number of aliphatic hydroxyl groups excluding tert-OH is 1. The van der Waals surface area contributed by atoms with E-state index in [-0.39, 0.29) is 19.0 Å². The van der Waals surface area contributed by atoms with Crippen LogP contribution in [0, 0.1) is 0 Å². The minimum Gasteiger partial charge on any atom is -0.496 e. The first kappa shape index (κ1) is 24.8. The van der Waals surface area contributed by atoms with Crippen molar-refractivity contribution >= 4 is 11.5 Å². The zero-order valence-corrected chi connectivity index (χ0v) is 20.3. The Morgan fingerprint density at radius 3 is 2.89 bits per heavy atom. The van der Waals surface area contributed by atoms with Gasteiger partial charge >= 0.3 is 5.97 Å². The molecular formula is C26H32N2O7. The van der Waals surface area contributed by atoms with Crippen molar-refractivity contribution in [2.45, 2.75) is 57.8 Å². The molecule has 0 aliphatic carbocycles. The number of unbranched alkanes of at least 4 members (excludes halogenated alkanes) is 1. The first-order chi connectivity index (χ1) is 16.9. The largest absolute Gasteiger partial charge is 0.496 e. The van der Waals surface area contributed by atoms with E-state index in [1.165, 1.54) is 0 Å². The smallest absolute Gasteiger partial charge is 0.374 e. The van der Waals surface area contributed by atoms with E-state index in [1.807, 2.05) is 16.8 Å². The number of nitrogens with zero attached hydrogens (tertiary/aromatic N) is 2. The van der Waals surface area contributed by atoms with E-state index < -0.39 is 17.7 Å². The SMILES string of the molecule is CCOC(=O)C1=CC(=CCn2ccnc2)c2c(cc3c(c2OC)CC(C(C)(O)CCCCO)O3)O1. The van der Waals surface area contributed by atoms with Crippen LogP contribution < -0.4 is 14.2 Å². The van der Waals surface area contributed by atoms with Crippen LogP contribution in [0.3, 0.4) is 0 Å². The maximum atomic E-state index is 12.5. The molecule has 3 heterocycles. The fraction of sp³-hybridized carbons (Fsp3) is 0.462. The number of hydrogen-bond donors (Lipinski definition) is 2. The number of benzene rings is 1. The van der Waals surface area contributed by atoms with Crippen molar-refractivity contribution in [2.75, 3.05) is 20.3 Å². The monoisotopic (exact) mass is 484 g/mol. The minimum atomic E-state index is -1.09. The molecule has 2 aliphatic rings. The molecule has 9 nitrogen and oxygen atoms in total.